The maximum absolute atomic E-state index is 14.6. The van der Waals surface area contributed by atoms with E-state index in [4.69, 9.17) is 4.74 Å². The number of fused-ring (bicyclic) bond motifs is 1. The smallest absolute Gasteiger partial charge is 0.206 e. The normalized spacial score (nSPS) is 24.5. The van der Waals surface area contributed by atoms with Gasteiger partial charge in [0.2, 0.25) is 5.82 Å². The Balaban J connectivity index is 0.00000216. The Morgan fingerprint density at radius 3 is 1.89 bits per heavy atom. The number of rotatable bonds is 8. The van der Waals surface area contributed by atoms with Gasteiger partial charge in [-0.15, -0.1) is 0 Å². The number of ether oxygens (including phenoxy) is 1. The van der Waals surface area contributed by atoms with Gasteiger partial charge >= 0.3 is 176 Å². The molecule has 1 nitrogen and oxygen atoms in total. The molecule has 2 aromatic rings. The minimum atomic E-state index is -1.17. The van der Waals surface area contributed by atoms with Crippen LogP contribution in [0.1, 0.15) is 69.8 Å². The summed E-state index contributed by atoms with van der Waals surface area (Å²) in [6, 6.07) is 4.60. The molecule has 180 valence electrons. The molecule has 0 unspecified atom stereocenters. The van der Waals surface area contributed by atoms with E-state index >= 15 is 0 Å². The molecule has 0 heterocycles. The van der Waals surface area contributed by atoms with Crippen molar-refractivity contribution in [3.8, 4) is 5.75 Å². The first-order valence-corrected chi connectivity index (χ1v) is 14.4. The van der Waals surface area contributed by atoms with Gasteiger partial charge in [-0.05, 0) is 17.0 Å². The van der Waals surface area contributed by atoms with Crippen LogP contribution in [0.25, 0.3) is 10.8 Å². The molecule has 2 fully saturated rings. The zero-order valence-corrected chi connectivity index (χ0v) is 34.4. The van der Waals surface area contributed by atoms with E-state index in [0.717, 1.165) is 30.6 Å². The summed E-state index contributed by atoms with van der Waals surface area (Å²) in [4.78, 5) is 1.40. The Bertz CT molecular complexity index is 944. The van der Waals surface area contributed by atoms with Gasteiger partial charge in [0.1, 0.15) is 5.82 Å². The summed E-state index contributed by atoms with van der Waals surface area (Å²) < 4.78 is 49.4. The van der Waals surface area contributed by atoms with Gasteiger partial charge in [-0.3, -0.25) is 0 Å². The molecule has 2 saturated carbocycles. The van der Waals surface area contributed by atoms with Crippen molar-refractivity contribution in [1.29, 1.82) is 0 Å². The first-order chi connectivity index (χ1) is 16.0. The molecule has 0 bridgehead atoms. The molecule has 0 N–H and O–H groups in total. The fourth-order valence-electron chi connectivity index (χ4n) is 5.82. The van der Waals surface area contributed by atoms with Crippen LogP contribution in [0, 0.1) is 93.1 Å². The Kier molecular flexibility index (Phi) is 15.7. The number of halogens is 3. The predicted octanol–water partition coefficient (Wildman–Crippen LogP) is 5.00. The maximum atomic E-state index is 14.6. The Hall–Kier alpha value is 2.20. The third kappa shape index (κ3) is 8.84. The molecule has 2 aliphatic rings. The SMILES string of the molecule is [CH2-]Cc1ccc2cc(OCC3CCC(CCC4CCC([CH2][Ga])CC4)CC3)c(F)c(F)c2c1F.[Ra].[Rb+]. The van der Waals surface area contributed by atoms with Crippen molar-refractivity contribution in [2.75, 3.05) is 6.61 Å². The van der Waals surface area contributed by atoms with E-state index in [2.05, 4.69) is 6.92 Å². The molecule has 35 heavy (non-hydrogen) atoms. The van der Waals surface area contributed by atoms with Crippen molar-refractivity contribution in [3.63, 3.8) is 0 Å². The minimum Gasteiger partial charge on any atom is -0.206 e. The van der Waals surface area contributed by atoms with Crippen LogP contribution in [0.2, 0.25) is 4.98 Å². The van der Waals surface area contributed by atoms with Crippen LogP contribution >= 0.6 is 0 Å². The average Bonchev–Trinajstić information content (AvgIpc) is 2.85. The fourth-order valence-corrected chi connectivity index (χ4v) is 6.81. The van der Waals surface area contributed by atoms with Crippen LogP contribution in [-0.4, -0.2) is 25.2 Å². The van der Waals surface area contributed by atoms with Gasteiger partial charge in [-0.1, -0.05) is 12.1 Å². The maximum Gasteiger partial charge on any atom is 1.00 e. The second-order valence-electron chi connectivity index (χ2n) is 10.3. The average molecular weight is 826 g/mol. The second-order valence-corrected chi connectivity index (χ2v) is 11.3. The van der Waals surface area contributed by atoms with E-state index in [1.165, 1.54) is 62.4 Å². The summed E-state index contributed by atoms with van der Waals surface area (Å²) in [6.45, 7) is 4.03. The minimum absolute atomic E-state index is 0. The molecule has 0 atom stereocenters. The van der Waals surface area contributed by atoms with Gasteiger partial charge in [0.25, 0.3) is 0 Å². The Morgan fingerprint density at radius 2 is 1.34 bits per heavy atom. The fraction of sp³-hybridized carbons (Fsp3) is 0.607. The topological polar surface area (TPSA) is 9.23 Å². The molecule has 0 aliphatic heterocycles. The quantitative estimate of drug-likeness (QED) is 0.270. The summed E-state index contributed by atoms with van der Waals surface area (Å²) in [6.07, 6.45) is 13.2. The van der Waals surface area contributed by atoms with Crippen LogP contribution < -0.4 is 62.9 Å². The van der Waals surface area contributed by atoms with E-state index in [1.54, 1.807) is 12.1 Å². The molecule has 0 amide bonds. The van der Waals surface area contributed by atoms with Crippen molar-refractivity contribution < 1.29 is 121 Å². The zero-order valence-electron chi connectivity index (χ0n) is 21.3. The number of benzene rings is 2. The van der Waals surface area contributed by atoms with E-state index in [1.807, 2.05) is 18.6 Å². The summed E-state index contributed by atoms with van der Waals surface area (Å²) in [5.41, 5.74) is 0.278. The third-order valence-corrected chi connectivity index (χ3v) is 9.56. The molecule has 0 spiro atoms. The van der Waals surface area contributed by atoms with Gasteiger partial charge in [-0.2, -0.15) is 10.8 Å². The second kappa shape index (κ2) is 16.5. The van der Waals surface area contributed by atoms with E-state index < -0.39 is 17.5 Å². The van der Waals surface area contributed by atoms with Crippen molar-refractivity contribution >= 4 is 29.4 Å². The zero-order chi connectivity index (χ0) is 23.4. The summed E-state index contributed by atoms with van der Waals surface area (Å²) in [5, 5.41) is 0.00161. The number of hydrogen-bond acceptors (Lipinski definition) is 1. The van der Waals surface area contributed by atoms with Crippen molar-refractivity contribution in [2.24, 2.45) is 23.7 Å². The molecule has 2 aliphatic carbocycles. The predicted molar refractivity (Wildman–Crippen MR) is 129 cm³/mol. The monoisotopic (exact) mass is 824 g/mol. The molecular formula is C28H35F3GaORaRb. The molecule has 2 aromatic carbocycles. The van der Waals surface area contributed by atoms with Crippen molar-refractivity contribution in [3.05, 3.63) is 48.1 Å². The first-order valence-electron chi connectivity index (χ1n) is 12.7. The van der Waals surface area contributed by atoms with Gasteiger partial charge in [0.05, 0.1) is 5.39 Å². The van der Waals surface area contributed by atoms with Gasteiger partial charge in [-0.25, -0.2) is 8.78 Å². The molecular weight excluding hydrogens is 790 g/mol. The third-order valence-electron chi connectivity index (χ3n) is 8.16. The van der Waals surface area contributed by atoms with Gasteiger partial charge in [0, 0.05) is 45.0 Å². The van der Waals surface area contributed by atoms with E-state index in [-0.39, 0.29) is 126 Å². The first kappa shape index (κ1) is 33.4. The standard InChI is InChI=1S/C28H35F3O.Ga.Ra.Rb/c1-3-22-14-15-23-16-24(27(30)28(31)25(23)26(22)29)32-17-21-12-10-20(11-13-21)9-8-19-6-4-18(2)5-7-19;;;/h14-16,18-21H,1-13,17H2;;;/q-1;;;+1. The van der Waals surface area contributed by atoms with Crippen molar-refractivity contribution in [2.45, 2.75) is 75.6 Å². The molecule has 4 radical (unpaired) electrons. The summed E-state index contributed by atoms with van der Waals surface area (Å²) >= 11 is 1.88. The Labute approximate surface area is 305 Å². The largest absolute Gasteiger partial charge is 1.00 e. The molecule has 0 aromatic heterocycles. The number of hydrogen-bond donors (Lipinski definition) is 0. The Morgan fingerprint density at radius 1 is 0.800 bits per heavy atom. The van der Waals surface area contributed by atoms with E-state index in [0.29, 0.717) is 17.9 Å². The van der Waals surface area contributed by atoms with Crippen LogP contribution in [0.5, 0.6) is 5.75 Å². The summed E-state index contributed by atoms with van der Waals surface area (Å²) in [5.74, 6) is -0.0387. The van der Waals surface area contributed by atoms with E-state index in [9.17, 15) is 13.2 Å². The van der Waals surface area contributed by atoms with Crippen molar-refractivity contribution in [1.82, 2.24) is 0 Å². The molecule has 0 saturated heterocycles. The van der Waals surface area contributed by atoms with Crippen LogP contribution in [0.4, 0.5) is 13.2 Å². The van der Waals surface area contributed by atoms with Crippen LogP contribution in [0.15, 0.2) is 18.2 Å². The summed E-state index contributed by atoms with van der Waals surface area (Å²) in [7, 11) is 0. The molecule has 4 rings (SSSR count). The van der Waals surface area contributed by atoms with Gasteiger partial charge < -0.3 is 11.7 Å². The molecule has 7 heteroatoms. The van der Waals surface area contributed by atoms with Crippen LogP contribution in [0.3, 0.4) is 0 Å². The van der Waals surface area contributed by atoms with Crippen LogP contribution in [-0.2, 0) is 6.42 Å². The van der Waals surface area contributed by atoms with Gasteiger partial charge in [0.15, 0.2) is 11.6 Å².